The van der Waals surface area contributed by atoms with Crippen LogP contribution in [0.15, 0.2) is 60.7 Å². The number of rotatable bonds is 12. The SMILES string of the molecule is CCCN(Cc1c(-c2ccccc2)nn(C)c1Oc1ccccc1)C[C@H](O)COC(C)C. The maximum absolute atomic E-state index is 10.6. The number of aryl methyl sites for hydroxylation is 1. The molecule has 6 heteroatoms. The first-order valence-corrected chi connectivity index (χ1v) is 11.3. The summed E-state index contributed by atoms with van der Waals surface area (Å²) in [5, 5.41) is 15.4. The van der Waals surface area contributed by atoms with Gasteiger partial charge in [-0.05, 0) is 38.9 Å². The summed E-state index contributed by atoms with van der Waals surface area (Å²) >= 11 is 0. The Hall–Kier alpha value is -2.67. The van der Waals surface area contributed by atoms with E-state index in [-0.39, 0.29) is 6.10 Å². The van der Waals surface area contributed by atoms with E-state index in [0.29, 0.717) is 25.6 Å². The molecule has 0 aliphatic heterocycles. The Kier molecular flexibility index (Phi) is 8.85. The van der Waals surface area contributed by atoms with Crippen molar-refractivity contribution in [1.82, 2.24) is 14.7 Å². The molecule has 1 atom stereocenters. The van der Waals surface area contributed by atoms with E-state index < -0.39 is 6.10 Å². The van der Waals surface area contributed by atoms with Crippen LogP contribution in [0.4, 0.5) is 0 Å². The third-order valence-electron chi connectivity index (χ3n) is 5.11. The van der Waals surface area contributed by atoms with Gasteiger partial charge in [0.2, 0.25) is 5.88 Å². The predicted molar refractivity (Wildman–Crippen MR) is 128 cm³/mol. The smallest absolute Gasteiger partial charge is 0.222 e. The van der Waals surface area contributed by atoms with Crippen LogP contribution in [0.25, 0.3) is 11.3 Å². The monoisotopic (exact) mass is 437 g/mol. The Morgan fingerprint density at radius 2 is 1.69 bits per heavy atom. The molecule has 0 radical (unpaired) electrons. The van der Waals surface area contributed by atoms with Crippen molar-refractivity contribution in [3.63, 3.8) is 0 Å². The number of benzene rings is 2. The van der Waals surface area contributed by atoms with E-state index in [4.69, 9.17) is 14.6 Å². The lowest BCUT2D eigenvalue weighted by Crippen LogP contribution is -2.35. The number of para-hydroxylation sites is 1. The Morgan fingerprint density at radius 1 is 1.03 bits per heavy atom. The van der Waals surface area contributed by atoms with E-state index in [2.05, 4.69) is 24.0 Å². The van der Waals surface area contributed by atoms with E-state index in [1.807, 2.05) is 69.4 Å². The van der Waals surface area contributed by atoms with Crippen molar-refractivity contribution >= 4 is 0 Å². The highest BCUT2D eigenvalue weighted by molar-refractivity contribution is 5.65. The average molecular weight is 438 g/mol. The number of nitrogens with zero attached hydrogens (tertiary/aromatic N) is 3. The molecular formula is C26H35N3O3. The molecule has 0 bridgehead atoms. The first-order valence-electron chi connectivity index (χ1n) is 11.3. The summed E-state index contributed by atoms with van der Waals surface area (Å²) in [6.07, 6.45) is 0.519. The predicted octanol–water partition coefficient (Wildman–Crippen LogP) is 4.88. The molecular weight excluding hydrogens is 402 g/mol. The fourth-order valence-electron chi connectivity index (χ4n) is 3.68. The fraction of sp³-hybridized carbons (Fsp3) is 0.423. The molecule has 0 amide bonds. The Labute approximate surface area is 191 Å². The molecule has 0 fully saturated rings. The lowest BCUT2D eigenvalue weighted by Gasteiger charge is -2.25. The van der Waals surface area contributed by atoms with Crippen molar-refractivity contribution in [3.05, 3.63) is 66.2 Å². The van der Waals surface area contributed by atoms with Gasteiger partial charge in [-0.15, -0.1) is 0 Å². The molecule has 0 spiro atoms. The third kappa shape index (κ3) is 6.66. The molecule has 6 nitrogen and oxygen atoms in total. The van der Waals surface area contributed by atoms with Gasteiger partial charge in [-0.25, -0.2) is 4.68 Å². The van der Waals surface area contributed by atoms with Gasteiger partial charge in [0.05, 0.1) is 24.4 Å². The summed E-state index contributed by atoms with van der Waals surface area (Å²) in [5.74, 6) is 1.48. The molecule has 172 valence electrons. The minimum atomic E-state index is -0.556. The number of aromatic nitrogens is 2. The van der Waals surface area contributed by atoms with Gasteiger partial charge in [-0.3, -0.25) is 4.90 Å². The van der Waals surface area contributed by atoms with Gasteiger partial charge in [0.15, 0.2) is 0 Å². The highest BCUT2D eigenvalue weighted by atomic mass is 16.5. The average Bonchev–Trinajstić information content (AvgIpc) is 3.09. The fourth-order valence-corrected chi connectivity index (χ4v) is 3.68. The number of aliphatic hydroxyl groups is 1. The van der Waals surface area contributed by atoms with Crippen LogP contribution in [0.1, 0.15) is 32.8 Å². The molecule has 3 rings (SSSR count). The Balaban J connectivity index is 1.91. The molecule has 1 aromatic heterocycles. The standard InChI is InChI=1S/C26H35N3O3/c1-5-16-29(17-22(30)19-31-20(2)3)18-24-25(21-12-8-6-9-13-21)27-28(4)26(24)32-23-14-10-7-11-15-23/h6-15,20,22,30H,5,16-19H2,1-4H3/t22-/m0/s1. The van der Waals surface area contributed by atoms with E-state index in [1.165, 1.54) is 0 Å². The van der Waals surface area contributed by atoms with Crippen LogP contribution in [-0.2, 0) is 18.3 Å². The molecule has 0 saturated heterocycles. The van der Waals surface area contributed by atoms with Gasteiger partial charge < -0.3 is 14.6 Å². The molecule has 0 aliphatic carbocycles. The number of hydrogen-bond acceptors (Lipinski definition) is 5. The zero-order valence-corrected chi connectivity index (χ0v) is 19.6. The van der Waals surface area contributed by atoms with Crippen molar-refractivity contribution in [2.75, 3.05) is 19.7 Å². The second kappa shape index (κ2) is 11.8. The lowest BCUT2D eigenvalue weighted by molar-refractivity contribution is -0.00953. The maximum atomic E-state index is 10.6. The van der Waals surface area contributed by atoms with Crippen LogP contribution < -0.4 is 4.74 Å². The second-order valence-corrected chi connectivity index (χ2v) is 8.31. The maximum Gasteiger partial charge on any atom is 0.222 e. The summed E-state index contributed by atoms with van der Waals surface area (Å²) in [6, 6.07) is 19.9. The van der Waals surface area contributed by atoms with E-state index in [1.54, 1.807) is 4.68 Å². The van der Waals surface area contributed by atoms with Crippen molar-refractivity contribution in [2.45, 2.75) is 45.9 Å². The summed E-state index contributed by atoms with van der Waals surface area (Å²) in [6.45, 7) is 8.42. The van der Waals surface area contributed by atoms with Crippen molar-refractivity contribution < 1.29 is 14.6 Å². The first-order chi connectivity index (χ1) is 15.5. The summed E-state index contributed by atoms with van der Waals surface area (Å²) < 4.78 is 13.7. The lowest BCUT2D eigenvalue weighted by atomic mass is 10.1. The Morgan fingerprint density at radius 3 is 2.31 bits per heavy atom. The van der Waals surface area contributed by atoms with Crippen LogP contribution in [0.3, 0.4) is 0 Å². The molecule has 0 unspecified atom stereocenters. The zero-order valence-electron chi connectivity index (χ0n) is 19.6. The third-order valence-corrected chi connectivity index (χ3v) is 5.11. The van der Waals surface area contributed by atoms with Gasteiger partial charge in [0, 0.05) is 25.7 Å². The number of ether oxygens (including phenoxy) is 2. The molecule has 3 aromatic rings. The van der Waals surface area contributed by atoms with Gasteiger partial charge in [0.25, 0.3) is 0 Å². The molecule has 1 heterocycles. The highest BCUT2D eigenvalue weighted by Gasteiger charge is 2.23. The normalized spacial score (nSPS) is 12.5. The van der Waals surface area contributed by atoms with E-state index >= 15 is 0 Å². The van der Waals surface area contributed by atoms with Gasteiger partial charge in [0.1, 0.15) is 11.4 Å². The van der Waals surface area contributed by atoms with Crippen LogP contribution in [0.5, 0.6) is 11.6 Å². The van der Waals surface area contributed by atoms with E-state index in [0.717, 1.165) is 35.5 Å². The van der Waals surface area contributed by atoms with Crippen LogP contribution in [0, 0.1) is 0 Å². The number of aliphatic hydroxyl groups excluding tert-OH is 1. The molecule has 0 aliphatic rings. The molecule has 2 aromatic carbocycles. The van der Waals surface area contributed by atoms with E-state index in [9.17, 15) is 5.11 Å². The minimum Gasteiger partial charge on any atom is -0.439 e. The minimum absolute atomic E-state index is 0.0955. The summed E-state index contributed by atoms with van der Waals surface area (Å²) in [5.41, 5.74) is 2.95. The summed E-state index contributed by atoms with van der Waals surface area (Å²) in [4.78, 5) is 2.25. The first kappa shape index (κ1) is 24.0. The van der Waals surface area contributed by atoms with Crippen molar-refractivity contribution in [3.8, 4) is 22.9 Å². The van der Waals surface area contributed by atoms with Crippen molar-refractivity contribution in [2.24, 2.45) is 7.05 Å². The van der Waals surface area contributed by atoms with Crippen molar-refractivity contribution in [1.29, 1.82) is 0 Å². The molecule has 32 heavy (non-hydrogen) atoms. The molecule has 1 N–H and O–H groups in total. The largest absolute Gasteiger partial charge is 0.439 e. The summed E-state index contributed by atoms with van der Waals surface area (Å²) in [7, 11) is 1.91. The second-order valence-electron chi connectivity index (χ2n) is 8.31. The highest BCUT2D eigenvalue weighted by Crippen LogP contribution is 2.34. The van der Waals surface area contributed by atoms with Gasteiger partial charge in [-0.1, -0.05) is 55.5 Å². The topological polar surface area (TPSA) is 59.8 Å². The van der Waals surface area contributed by atoms with Crippen LogP contribution in [0.2, 0.25) is 0 Å². The van der Waals surface area contributed by atoms with Crippen LogP contribution >= 0.6 is 0 Å². The number of hydrogen-bond donors (Lipinski definition) is 1. The zero-order chi connectivity index (χ0) is 22.9. The van der Waals surface area contributed by atoms with Gasteiger partial charge in [-0.2, -0.15) is 5.10 Å². The quantitative estimate of drug-likeness (QED) is 0.438. The Bertz CT molecular complexity index is 942. The molecule has 0 saturated carbocycles. The van der Waals surface area contributed by atoms with Gasteiger partial charge >= 0.3 is 0 Å². The van der Waals surface area contributed by atoms with Crippen LogP contribution in [-0.4, -0.2) is 51.7 Å².